The fraction of sp³-hybridized carbons (Fsp3) is 0.526. The summed E-state index contributed by atoms with van der Waals surface area (Å²) in [5, 5.41) is 17.6. The number of aromatic nitrogens is 2. The second-order valence-corrected chi connectivity index (χ2v) is 7.20. The molecule has 1 amide bonds. The van der Waals surface area contributed by atoms with Gasteiger partial charge in [0, 0.05) is 5.92 Å². The lowest BCUT2D eigenvalue weighted by Gasteiger charge is -2.27. The van der Waals surface area contributed by atoms with Crippen LogP contribution in [-0.4, -0.2) is 21.2 Å². The van der Waals surface area contributed by atoms with Crippen molar-refractivity contribution in [1.29, 1.82) is 0 Å². The van der Waals surface area contributed by atoms with Gasteiger partial charge in [0.2, 0.25) is 11.8 Å². The molecule has 0 spiro atoms. The zero-order valence-corrected chi connectivity index (χ0v) is 14.1. The van der Waals surface area contributed by atoms with Crippen LogP contribution in [0.1, 0.15) is 74.2 Å². The molecule has 2 aromatic rings. The molecule has 1 aromatic heterocycles. The van der Waals surface area contributed by atoms with Gasteiger partial charge >= 0.3 is 0 Å². The van der Waals surface area contributed by atoms with Crippen molar-refractivity contribution in [3.63, 3.8) is 0 Å². The quantitative estimate of drug-likeness (QED) is 0.843. The molecule has 1 heterocycles. The molecule has 0 bridgehead atoms. The molecule has 2 N–H and O–H groups in total. The number of carbonyl (C=O) groups excluding carboxylic acids is 1. The van der Waals surface area contributed by atoms with Gasteiger partial charge in [-0.25, -0.2) is 0 Å². The third-order valence-corrected chi connectivity index (χ3v) is 5.20. The van der Waals surface area contributed by atoms with Crippen molar-refractivity contribution in [2.75, 3.05) is 0 Å². The molecule has 132 valence electrons. The maximum atomic E-state index is 12.6. The van der Waals surface area contributed by atoms with Gasteiger partial charge in [-0.3, -0.25) is 4.79 Å². The Morgan fingerprint density at radius 3 is 2.68 bits per heavy atom. The molecule has 2 aliphatic rings. The van der Waals surface area contributed by atoms with E-state index in [0.717, 1.165) is 44.1 Å². The second-order valence-electron chi connectivity index (χ2n) is 7.20. The lowest BCUT2D eigenvalue weighted by Crippen LogP contribution is -2.45. The summed E-state index contributed by atoms with van der Waals surface area (Å²) in [5.41, 5.74) is 0.193. The van der Waals surface area contributed by atoms with Gasteiger partial charge in [-0.15, -0.1) is 0 Å². The predicted octanol–water partition coefficient (Wildman–Crippen LogP) is 2.96. The van der Waals surface area contributed by atoms with E-state index < -0.39 is 11.6 Å². The SMILES string of the molecule is O=C(CC(O)c1ccccc1)NC1(c2noc(C3CC3)n2)CCCC1. The first-order valence-corrected chi connectivity index (χ1v) is 9.04. The smallest absolute Gasteiger partial charge is 0.229 e. The molecule has 1 unspecified atom stereocenters. The van der Waals surface area contributed by atoms with E-state index in [1.165, 1.54) is 0 Å². The van der Waals surface area contributed by atoms with Crippen molar-refractivity contribution in [3.05, 3.63) is 47.6 Å². The molecule has 2 saturated carbocycles. The van der Waals surface area contributed by atoms with Gasteiger partial charge in [-0.1, -0.05) is 48.3 Å². The van der Waals surface area contributed by atoms with Crippen LogP contribution in [0.25, 0.3) is 0 Å². The number of aliphatic hydroxyl groups excluding tert-OH is 1. The molecule has 4 rings (SSSR count). The maximum Gasteiger partial charge on any atom is 0.229 e. The highest BCUT2D eigenvalue weighted by Crippen LogP contribution is 2.42. The van der Waals surface area contributed by atoms with Crippen molar-refractivity contribution in [3.8, 4) is 0 Å². The highest BCUT2D eigenvalue weighted by atomic mass is 16.5. The Bertz CT molecular complexity index is 733. The van der Waals surface area contributed by atoms with E-state index in [-0.39, 0.29) is 12.3 Å². The predicted molar refractivity (Wildman–Crippen MR) is 90.6 cm³/mol. The van der Waals surface area contributed by atoms with E-state index in [2.05, 4.69) is 15.5 Å². The first-order chi connectivity index (χ1) is 12.2. The highest BCUT2D eigenvalue weighted by molar-refractivity contribution is 5.77. The maximum absolute atomic E-state index is 12.6. The summed E-state index contributed by atoms with van der Waals surface area (Å²) in [5.74, 6) is 1.50. The van der Waals surface area contributed by atoms with Gasteiger partial charge < -0.3 is 14.9 Å². The van der Waals surface area contributed by atoms with Crippen LogP contribution < -0.4 is 5.32 Å². The Labute approximate surface area is 146 Å². The van der Waals surface area contributed by atoms with E-state index in [1.807, 2.05) is 30.3 Å². The van der Waals surface area contributed by atoms with E-state index in [9.17, 15) is 9.90 Å². The van der Waals surface area contributed by atoms with Crippen LogP contribution in [0.4, 0.5) is 0 Å². The van der Waals surface area contributed by atoms with Crippen molar-refractivity contribution in [2.24, 2.45) is 0 Å². The topological polar surface area (TPSA) is 88.2 Å². The molecule has 6 nitrogen and oxygen atoms in total. The summed E-state index contributed by atoms with van der Waals surface area (Å²) in [4.78, 5) is 17.1. The molecule has 2 aliphatic carbocycles. The summed E-state index contributed by atoms with van der Waals surface area (Å²) in [6, 6.07) is 9.24. The van der Waals surface area contributed by atoms with E-state index in [4.69, 9.17) is 4.52 Å². The van der Waals surface area contributed by atoms with Gasteiger partial charge in [0.15, 0.2) is 5.82 Å². The average molecular weight is 341 g/mol. The summed E-state index contributed by atoms with van der Waals surface area (Å²) >= 11 is 0. The molecule has 2 fully saturated rings. The van der Waals surface area contributed by atoms with Crippen LogP contribution >= 0.6 is 0 Å². The number of nitrogens with one attached hydrogen (secondary N) is 1. The summed E-state index contributed by atoms with van der Waals surface area (Å²) in [7, 11) is 0. The van der Waals surface area contributed by atoms with E-state index in [1.54, 1.807) is 0 Å². The number of hydrogen-bond donors (Lipinski definition) is 2. The third kappa shape index (κ3) is 3.44. The number of amides is 1. The molecule has 1 atom stereocenters. The Morgan fingerprint density at radius 1 is 1.28 bits per heavy atom. The number of hydrogen-bond acceptors (Lipinski definition) is 5. The van der Waals surface area contributed by atoms with E-state index in [0.29, 0.717) is 17.6 Å². The molecule has 25 heavy (non-hydrogen) atoms. The normalized spacial score (nSPS) is 20.4. The van der Waals surface area contributed by atoms with Crippen molar-refractivity contribution >= 4 is 5.91 Å². The zero-order valence-electron chi connectivity index (χ0n) is 14.1. The number of nitrogens with zero attached hydrogens (tertiary/aromatic N) is 2. The lowest BCUT2D eigenvalue weighted by molar-refractivity contribution is -0.125. The van der Waals surface area contributed by atoms with Crippen LogP contribution in [0, 0.1) is 0 Å². The summed E-state index contributed by atoms with van der Waals surface area (Å²) in [6.45, 7) is 0. The van der Waals surface area contributed by atoms with E-state index >= 15 is 0 Å². The molecular weight excluding hydrogens is 318 g/mol. The first-order valence-electron chi connectivity index (χ1n) is 9.04. The number of aliphatic hydroxyl groups is 1. The Kier molecular flexibility index (Phi) is 4.29. The average Bonchev–Trinajstić information content (AvgIpc) is 3.16. The lowest BCUT2D eigenvalue weighted by atomic mass is 9.95. The van der Waals surface area contributed by atoms with Crippen LogP contribution in [0.2, 0.25) is 0 Å². The second kappa shape index (κ2) is 6.59. The van der Waals surface area contributed by atoms with Crippen LogP contribution in [0.3, 0.4) is 0 Å². The van der Waals surface area contributed by atoms with Gasteiger partial charge in [0.1, 0.15) is 5.54 Å². The molecular formula is C19H23N3O3. The zero-order chi connectivity index (χ0) is 17.3. The molecule has 6 heteroatoms. The standard InChI is InChI=1S/C19H23N3O3/c23-15(13-6-2-1-3-7-13)12-16(24)21-19(10-4-5-11-19)18-20-17(25-22-18)14-8-9-14/h1-3,6-7,14-15,23H,4-5,8-12H2,(H,21,24). The third-order valence-electron chi connectivity index (χ3n) is 5.20. The fourth-order valence-corrected chi connectivity index (χ4v) is 3.60. The molecule has 0 saturated heterocycles. The van der Waals surface area contributed by atoms with Gasteiger partial charge in [-0.2, -0.15) is 4.98 Å². The molecule has 0 aliphatic heterocycles. The van der Waals surface area contributed by atoms with Crippen molar-refractivity contribution in [1.82, 2.24) is 15.5 Å². The molecule has 0 radical (unpaired) electrons. The number of benzene rings is 1. The Balaban J connectivity index is 1.46. The largest absolute Gasteiger partial charge is 0.388 e. The first kappa shape index (κ1) is 16.3. The monoisotopic (exact) mass is 341 g/mol. The van der Waals surface area contributed by atoms with Crippen LogP contribution in [0.5, 0.6) is 0 Å². The highest BCUT2D eigenvalue weighted by Gasteiger charge is 2.42. The minimum Gasteiger partial charge on any atom is -0.388 e. The Hall–Kier alpha value is -2.21. The summed E-state index contributed by atoms with van der Waals surface area (Å²) in [6.07, 6.45) is 5.08. The Morgan fingerprint density at radius 2 is 2.00 bits per heavy atom. The molecule has 1 aromatic carbocycles. The van der Waals surface area contributed by atoms with Crippen LogP contribution in [0.15, 0.2) is 34.9 Å². The number of carbonyl (C=O) groups is 1. The van der Waals surface area contributed by atoms with Crippen molar-refractivity contribution in [2.45, 2.75) is 62.5 Å². The van der Waals surface area contributed by atoms with Gasteiger partial charge in [-0.05, 0) is 31.2 Å². The fourth-order valence-electron chi connectivity index (χ4n) is 3.60. The summed E-state index contributed by atoms with van der Waals surface area (Å²) < 4.78 is 5.40. The minimum absolute atomic E-state index is 0.0269. The number of rotatable bonds is 6. The van der Waals surface area contributed by atoms with Gasteiger partial charge in [0.05, 0.1) is 12.5 Å². The minimum atomic E-state index is -0.813. The van der Waals surface area contributed by atoms with Gasteiger partial charge in [0.25, 0.3) is 0 Å². The van der Waals surface area contributed by atoms with Crippen LogP contribution in [-0.2, 0) is 10.3 Å². The van der Waals surface area contributed by atoms with Crippen molar-refractivity contribution < 1.29 is 14.4 Å².